The summed E-state index contributed by atoms with van der Waals surface area (Å²) in [7, 11) is -1.21. The summed E-state index contributed by atoms with van der Waals surface area (Å²) in [6, 6.07) is 75.0. The zero-order chi connectivity index (χ0) is 69.5. The van der Waals surface area contributed by atoms with E-state index < -0.39 is 8.80 Å². The van der Waals surface area contributed by atoms with Crippen molar-refractivity contribution in [2.45, 2.75) is 212 Å². The Labute approximate surface area is 559 Å². The topological polar surface area (TPSA) is 0 Å². The van der Waals surface area contributed by atoms with Gasteiger partial charge in [-0.2, -0.15) is 0 Å². The van der Waals surface area contributed by atoms with E-state index in [2.05, 4.69) is 266 Å². The van der Waals surface area contributed by atoms with Crippen molar-refractivity contribution in [2.24, 2.45) is 0 Å². The average Bonchev–Trinajstić information content (AvgIpc) is 0.747. The molecule has 0 heterocycles. The van der Waals surface area contributed by atoms with Crippen LogP contribution < -0.4 is 5.19 Å². The van der Waals surface area contributed by atoms with Crippen LogP contribution in [0.15, 0.2) is 206 Å². The maximum Gasteiger partial charge on any atom is 0.0663 e. The average molecular weight is 1260 g/mol. The first-order valence-corrected chi connectivity index (χ1v) is 45.5. The van der Waals surface area contributed by atoms with Gasteiger partial charge in [-0.3, -0.25) is 0 Å². The molecule has 13 aromatic rings. The van der Waals surface area contributed by atoms with Crippen LogP contribution in [0.4, 0.5) is 0 Å². The molecule has 0 radical (unpaired) electrons. The van der Waals surface area contributed by atoms with Crippen LogP contribution in [-0.2, 0) is 0 Å². The number of benzene rings is 13. The quantitative estimate of drug-likeness (QED) is 0.0873. The van der Waals surface area contributed by atoms with Gasteiger partial charge in [-0.1, -0.05) is 375 Å². The summed E-state index contributed by atoms with van der Waals surface area (Å²) in [5, 5.41) is 28.8. The summed E-state index contributed by atoms with van der Waals surface area (Å²) in [6.07, 6.45) is 0. The molecule has 0 aliphatic rings. The Morgan fingerprint density at radius 3 is 0.644 bits per heavy atom. The number of aryl methyl sites for hydroxylation is 1. The highest BCUT2D eigenvalue weighted by Crippen LogP contribution is 2.40. The zero-order valence-electron chi connectivity index (χ0n) is 63.4. The van der Waals surface area contributed by atoms with Gasteiger partial charge in [0.25, 0.3) is 0 Å². The molecule has 0 N–H and O–H groups in total. The standard InChI is InChI=1S/C21H20Si.C20H12.C18H12.2C3H10Si.11C2H6/c1-14-17-10-6-7-11-18(17)21(22(2)3)20-13-16-9-5-4-8-15(16)12-19(14)20;1-5-13-6-2-11-17-18-12-4-8-14-7-3-10-16(20(14)18)15(9-1)19(13)17;1-2-6-14-10-18-12-16-8-4-3-7-15(16)11-17(18)9-13(14)5-1;2*1-4(2)3;11*1-2/h4-13,22H,1-3H3;1-12H;1-12H;2*4H,1-3H3;11*1-2H3. The number of fused-ring (bicyclic) bond motifs is 8. The van der Waals surface area contributed by atoms with Gasteiger partial charge in [0, 0.05) is 17.6 Å². The molecule has 0 nitrogen and oxygen atoms in total. The lowest BCUT2D eigenvalue weighted by atomic mass is 9.90. The fourth-order valence-electron chi connectivity index (χ4n) is 9.94. The molecule has 0 fully saturated rings. The van der Waals surface area contributed by atoms with Crippen LogP contribution in [0.2, 0.25) is 52.4 Å². The van der Waals surface area contributed by atoms with Crippen LogP contribution in [0.1, 0.15) is 158 Å². The highest BCUT2D eigenvalue weighted by Gasteiger charge is 2.15. The van der Waals surface area contributed by atoms with E-state index >= 15 is 0 Å². The molecule has 0 spiro atoms. The van der Waals surface area contributed by atoms with Crippen LogP contribution in [0.5, 0.6) is 0 Å². The SMILES string of the molecule is CC.CC.CC.CC.CC.CC.CC.CC.CC.CC.CC.C[SiH](C)C.C[SiH](C)C.Cc1c2ccccc2c([SiH](C)C)c2cc3ccccc3cc12.c1cc2cccc3c4cccc5cccc(c(c1)c23)c54.c1ccc2cc3cc4ccccc4cc3cc2c1. The third-order valence-electron chi connectivity index (χ3n) is 12.7. The molecule has 0 unspecified atom stereocenters. The molecule has 0 saturated carbocycles. The minimum atomic E-state index is -0.930. The highest BCUT2D eigenvalue weighted by molar-refractivity contribution is 6.76. The van der Waals surface area contributed by atoms with Crippen molar-refractivity contribution >= 4 is 139 Å². The largest absolute Gasteiger partial charge is 0.0724 e. The van der Waals surface area contributed by atoms with Crippen molar-refractivity contribution in [3.05, 3.63) is 212 Å². The van der Waals surface area contributed by atoms with Gasteiger partial charge < -0.3 is 0 Å². The van der Waals surface area contributed by atoms with E-state index in [4.69, 9.17) is 0 Å². The molecule has 3 heteroatoms. The van der Waals surface area contributed by atoms with E-state index in [1.165, 1.54) is 113 Å². The Morgan fingerprint density at radius 2 is 0.389 bits per heavy atom. The Kier molecular flexibility index (Phi) is 50.6. The predicted octanol–water partition coefficient (Wildman–Crippen LogP) is 29.5. The van der Waals surface area contributed by atoms with Crippen molar-refractivity contribution < 1.29 is 0 Å². The van der Waals surface area contributed by atoms with Crippen LogP contribution in [0, 0.1) is 6.92 Å². The lowest BCUT2D eigenvalue weighted by Crippen LogP contribution is -2.25. The molecule has 0 atom stereocenters. The Hall–Kier alpha value is -6.63. The molecule has 0 saturated heterocycles. The van der Waals surface area contributed by atoms with Crippen LogP contribution >= 0.6 is 0 Å². The molecule has 0 aliphatic carbocycles. The number of rotatable bonds is 1. The first kappa shape index (κ1) is 87.6. The van der Waals surface area contributed by atoms with E-state index in [1.807, 2.05) is 152 Å². The van der Waals surface area contributed by atoms with Crippen molar-refractivity contribution in [3.63, 3.8) is 0 Å². The summed E-state index contributed by atoms with van der Waals surface area (Å²) in [6.45, 7) is 65.0. The Bertz CT molecular complexity index is 3560. The summed E-state index contributed by atoms with van der Waals surface area (Å²) >= 11 is 0. The van der Waals surface area contributed by atoms with Crippen molar-refractivity contribution in [3.8, 4) is 0 Å². The zero-order valence-corrected chi connectivity index (χ0v) is 66.8. The van der Waals surface area contributed by atoms with Gasteiger partial charge in [-0.05, 0) is 162 Å². The molecule has 0 aliphatic heterocycles. The molecule has 0 aromatic heterocycles. The summed E-state index contributed by atoms with van der Waals surface area (Å²) < 4.78 is 0. The molecule has 490 valence electrons. The smallest absolute Gasteiger partial charge is 0.0663 e. The molecule has 0 bridgehead atoms. The van der Waals surface area contributed by atoms with Crippen molar-refractivity contribution in [2.75, 3.05) is 0 Å². The Morgan fingerprint density at radius 1 is 0.189 bits per heavy atom. The fraction of sp³-hybridized carbons (Fsp3) is 0.356. The predicted molar refractivity (Wildman–Crippen MR) is 443 cm³/mol. The monoisotopic (exact) mass is 1260 g/mol. The van der Waals surface area contributed by atoms with Gasteiger partial charge in [0.05, 0.1) is 8.80 Å². The third kappa shape index (κ3) is 24.9. The molecular weight excluding hydrogens is 1130 g/mol. The Balaban J connectivity index is -0.00000104. The summed E-state index contributed by atoms with van der Waals surface area (Å²) in [5.74, 6) is 0. The maximum absolute atomic E-state index is 2.44. The first-order valence-electron chi connectivity index (χ1n) is 35.7. The van der Waals surface area contributed by atoms with E-state index in [1.54, 1.807) is 5.19 Å². The molecule has 13 aromatic carbocycles. The van der Waals surface area contributed by atoms with E-state index in [-0.39, 0.29) is 17.6 Å². The second-order valence-electron chi connectivity index (χ2n) is 20.1. The highest BCUT2D eigenvalue weighted by atomic mass is 28.3. The minimum Gasteiger partial charge on any atom is -0.0724 e. The summed E-state index contributed by atoms with van der Waals surface area (Å²) in [5.41, 5.74) is 1.41. The lowest BCUT2D eigenvalue weighted by Gasteiger charge is -2.17. The molecule has 90 heavy (non-hydrogen) atoms. The number of hydrogen-bond donors (Lipinski definition) is 0. The van der Waals surface area contributed by atoms with Crippen LogP contribution in [0.3, 0.4) is 0 Å². The summed E-state index contributed by atoms with van der Waals surface area (Å²) in [4.78, 5) is 0. The van der Waals surface area contributed by atoms with Crippen molar-refractivity contribution in [1.29, 1.82) is 0 Å². The van der Waals surface area contributed by atoms with Gasteiger partial charge in [0.1, 0.15) is 0 Å². The second kappa shape index (κ2) is 52.0. The van der Waals surface area contributed by atoms with Gasteiger partial charge in [-0.25, -0.2) is 0 Å². The fourth-order valence-corrected chi connectivity index (χ4v) is 11.7. The van der Waals surface area contributed by atoms with Crippen LogP contribution in [0.25, 0.3) is 108 Å². The first-order chi connectivity index (χ1) is 44.0. The third-order valence-corrected chi connectivity index (χ3v) is 14.5. The van der Waals surface area contributed by atoms with E-state index in [0.717, 1.165) is 0 Å². The maximum atomic E-state index is 2.44. The van der Waals surface area contributed by atoms with Crippen LogP contribution in [-0.4, -0.2) is 26.4 Å². The van der Waals surface area contributed by atoms with Gasteiger partial charge in [-0.15, -0.1) is 0 Å². The minimum absolute atomic E-state index is 0.139. The molecular formula is C87H130Si3. The number of hydrogen-bond acceptors (Lipinski definition) is 0. The molecule has 13 rings (SSSR count). The lowest BCUT2D eigenvalue weighted by molar-refractivity contribution is 1.50. The molecule has 0 amide bonds. The second-order valence-corrected chi connectivity index (χ2v) is 29.9. The van der Waals surface area contributed by atoms with E-state index in [9.17, 15) is 0 Å². The van der Waals surface area contributed by atoms with Gasteiger partial charge >= 0.3 is 0 Å². The van der Waals surface area contributed by atoms with E-state index in [0.29, 0.717) is 0 Å². The normalized spacial score (nSPS) is 9.36. The van der Waals surface area contributed by atoms with Crippen molar-refractivity contribution in [1.82, 2.24) is 0 Å². The van der Waals surface area contributed by atoms with Gasteiger partial charge in [0.15, 0.2) is 0 Å². The van der Waals surface area contributed by atoms with Gasteiger partial charge in [0.2, 0.25) is 0 Å².